The first-order valence-electron chi connectivity index (χ1n) is 8.96. The third kappa shape index (κ3) is 4.25. The van der Waals surface area contributed by atoms with E-state index in [9.17, 15) is 9.59 Å². The minimum atomic E-state index is -0.913. The van der Waals surface area contributed by atoms with Gasteiger partial charge in [-0.25, -0.2) is 0 Å². The fourth-order valence-electron chi connectivity index (χ4n) is 2.90. The number of rotatable bonds is 7. The van der Waals surface area contributed by atoms with Gasteiger partial charge in [0.2, 0.25) is 11.8 Å². The van der Waals surface area contributed by atoms with Crippen molar-refractivity contribution in [2.24, 2.45) is 5.41 Å². The second kappa shape index (κ2) is 7.92. The molecule has 1 saturated carbocycles. The molecule has 1 aliphatic rings. The van der Waals surface area contributed by atoms with Gasteiger partial charge in [0.25, 0.3) is 0 Å². The molecule has 5 heteroatoms. The zero-order valence-corrected chi connectivity index (χ0v) is 15.6. The summed E-state index contributed by atoms with van der Waals surface area (Å²) in [6.45, 7) is 2.59. The Morgan fingerprint density at radius 1 is 0.962 bits per heavy atom. The van der Waals surface area contributed by atoms with E-state index in [2.05, 4.69) is 17.6 Å². The molecule has 4 nitrogen and oxygen atoms in total. The lowest BCUT2D eigenvalue weighted by atomic mass is 10.0. The normalized spacial score (nSPS) is 14.5. The minimum absolute atomic E-state index is 0.186. The molecule has 0 aromatic heterocycles. The van der Waals surface area contributed by atoms with Crippen LogP contribution in [0.25, 0.3) is 0 Å². The molecule has 0 aliphatic heterocycles. The highest BCUT2D eigenvalue weighted by Crippen LogP contribution is 2.46. The summed E-state index contributed by atoms with van der Waals surface area (Å²) in [5.74, 6) is -0.403. The highest BCUT2D eigenvalue weighted by atomic mass is 35.5. The third-order valence-corrected chi connectivity index (χ3v) is 5.10. The first-order chi connectivity index (χ1) is 12.5. The average Bonchev–Trinajstić information content (AvgIpc) is 3.46. The molecule has 1 aliphatic carbocycles. The van der Waals surface area contributed by atoms with E-state index in [0.29, 0.717) is 30.8 Å². The first kappa shape index (κ1) is 18.5. The molecule has 0 atom stereocenters. The van der Waals surface area contributed by atoms with Crippen LogP contribution < -0.4 is 10.6 Å². The molecule has 3 rings (SSSR count). The van der Waals surface area contributed by atoms with Crippen LogP contribution in [0.5, 0.6) is 0 Å². The minimum Gasteiger partial charge on any atom is -0.355 e. The maximum absolute atomic E-state index is 12.6. The van der Waals surface area contributed by atoms with Gasteiger partial charge in [-0.3, -0.25) is 9.59 Å². The number of hydrogen-bond donors (Lipinski definition) is 2. The molecule has 1 fully saturated rings. The van der Waals surface area contributed by atoms with Crippen molar-refractivity contribution in [1.82, 2.24) is 5.32 Å². The van der Waals surface area contributed by atoms with Crippen molar-refractivity contribution in [3.63, 3.8) is 0 Å². The molecular weight excluding hydrogens is 348 g/mol. The van der Waals surface area contributed by atoms with E-state index < -0.39 is 5.41 Å². The Bertz CT molecular complexity index is 781. The Balaban J connectivity index is 1.52. The molecule has 26 heavy (non-hydrogen) atoms. The molecule has 2 amide bonds. The molecule has 0 unspecified atom stereocenters. The van der Waals surface area contributed by atoms with Crippen LogP contribution in [0.2, 0.25) is 5.02 Å². The van der Waals surface area contributed by atoms with Crippen molar-refractivity contribution >= 4 is 29.1 Å². The fourth-order valence-corrected chi connectivity index (χ4v) is 3.02. The predicted molar refractivity (Wildman–Crippen MR) is 104 cm³/mol. The molecule has 2 N–H and O–H groups in total. The Morgan fingerprint density at radius 2 is 1.58 bits per heavy atom. The molecule has 0 spiro atoms. The molecular formula is C21H23ClN2O2. The molecule has 136 valence electrons. The van der Waals surface area contributed by atoms with E-state index in [0.717, 1.165) is 17.7 Å². The van der Waals surface area contributed by atoms with Crippen LogP contribution in [0.1, 0.15) is 30.9 Å². The molecule has 0 bridgehead atoms. The number of carbonyl (C=O) groups is 2. The van der Waals surface area contributed by atoms with Gasteiger partial charge >= 0.3 is 0 Å². The van der Waals surface area contributed by atoms with E-state index in [-0.39, 0.29) is 11.8 Å². The van der Waals surface area contributed by atoms with E-state index >= 15 is 0 Å². The first-order valence-corrected chi connectivity index (χ1v) is 9.34. The standard InChI is InChI=1S/C21H23ClN2O2/c1-2-15-5-9-18(10-6-15)24-20(26)21(12-13-21)19(25)23-14-11-16-3-7-17(22)8-4-16/h3-10H,2,11-14H2,1H3,(H,23,25)(H,24,26). The van der Waals surface area contributed by atoms with Crippen molar-refractivity contribution < 1.29 is 9.59 Å². The van der Waals surface area contributed by atoms with Gasteiger partial charge in [0.05, 0.1) is 0 Å². The summed E-state index contributed by atoms with van der Waals surface area (Å²) in [7, 11) is 0. The lowest BCUT2D eigenvalue weighted by Crippen LogP contribution is -2.40. The largest absolute Gasteiger partial charge is 0.355 e. The summed E-state index contributed by atoms with van der Waals surface area (Å²) in [4.78, 5) is 25.1. The molecule has 0 radical (unpaired) electrons. The lowest BCUT2D eigenvalue weighted by molar-refractivity contribution is -0.134. The molecule has 0 saturated heterocycles. The van der Waals surface area contributed by atoms with Gasteiger partial charge in [-0.1, -0.05) is 42.8 Å². The van der Waals surface area contributed by atoms with Crippen molar-refractivity contribution in [3.05, 3.63) is 64.7 Å². The Hall–Kier alpha value is -2.33. The number of nitrogens with one attached hydrogen (secondary N) is 2. The quantitative estimate of drug-likeness (QED) is 0.724. The number of halogens is 1. The summed E-state index contributed by atoms with van der Waals surface area (Å²) in [6, 6.07) is 15.3. The number of hydrogen-bond acceptors (Lipinski definition) is 2. The third-order valence-electron chi connectivity index (χ3n) is 4.85. The van der Waals surface area contributed by atoms with E-state index in [4.69, 9.17) is 11.6 Å². The zero-order chi connectivity index (χ0) is 18.6. The van der Waals surface area contributed by atoms with Crippen molar-refractivity contribution in [1.29, 1.82) is 0 Å². The average molecular weight is 371 g/mol. The van der Waals surface area contributed by atoms with Gasteiger partial charge in [0.15, 0.2) is 0 Å². The van der Waals surface area contributed by atoms with Crippen LogP contribution >= 0.6 is 11.6 Å². The number of anilines is 1. The number of aryl methyl sites for hydroxylation is 1. The van der Waals surface area contributed by atoms with Crippen molar-refractivity contribution in [3.8, 4) is 0 Å². The number of benzene rings is 2. The maximum Gasteiger partial charge on any atom is 0.240 e. The monoisotopic (exact) mass is 370 g/mol. The molecule has 0 heterocycles. The van der Waals surface area contributed by atoms with Gasteiger partial charge in [-0.05, 0) is 61.1 Å². The number of amides is 2. The highest BCUT2D eigenvalue weighted by Gasteiger charge is 2.56. The van der Waals surface area contributed by atoms with Gasteiger partial charge in [-0.2, -0.15) is 0 Å². The van der Waals surface area contributed by atoms with E-state index in [1.165, 1.54) is 5.56 Å². The van der Waals surface area contributed by atoms with Crippen molar-refractivity contribution in [2.45, 2.75) is 32.6 Å². The van der Waals surface area contributed by atoms with Crippen LogP contribution in [0, 0.1) is 5.41 Å². The van der Waals surface area contributed by atoms with Gasteiger partial charge in [0, 0.05) is 17.3 Å². The Kier molecular flexibility index (Phi) is 5.62. The Morgan fingerprint density at radius 3 is 2.15 bits per heavy atom. The van der Waals surface area contributed by atoms with Gasteiger partial charge < -0.3 is 10.6 Å². The fraction of sp³-hybridized carbons (Fsp3) is 0.333. The topological polar surface area (TPSA) is 58.2 Å². The van der Waals surface area contributed by atoms with Crippen LogP contribution in [-0.4, -0.2) is 18.4 Å². The Labute approximate surface area is 158 Å². The van der Waals surface area contributed by atoms with Crippen molar-refractivity contribution in [2.75, 3.05) is 11.9 Å². The SMILES string of the molecule is CCc1ccc(NC(=O)C2(C(=O)NCCc3ccc(Cl)cc3)CC2)cc1. The van der Waals surface area contributed by atoms with Crippen LogP contribution in [0.4, 0.5) is 5.69 Å². The number of carbonyl (C=O) groups excluding carboxylic acids is 2. The van der Waals surface area contributed by atoms with Crippen LogP contribution in [0.15, 0.2) is 48.5 Å². The van der Waals surface area contributed by atoms with Gasteiger partial charge in [-0.15, -0.1) is 0 Å². The highest BCUT2D eigenvalue weighted by molar-refractivity contribution is 6.30. The zero-order valence-electron chi connectivity index (χ0n) is 14.8. The summed E-state index contributed by atoms with van der Waals surface area (Å²) >= 11 is 5.87. The summed E-state index contributed by atoms with van der Waals surface area (Å²) in [5, 5.41) is 6.47. The molecule has 2 aromatic rings. The van der Waals surface area contributed by atoms with E-state index in [1.54, 1.807) is 0 Å². The predicted octanol–water partition coefficient (Wildman–Crippen LogP) is 3.98. The smallest absolute Gasteiger partial charge is 0.240 e. The summed E-state index contributed by atoms with van der Waals surface area (Å²) in [6.07, 6.45) is 2.85. The lowest BCUT2D eigenvalue weighted by Gasteiger charge is -2.15. The van der Waals surface area contributed by atoms with Crippen LogP contribution in [-0.2, 0) is 22.4 Å². The second-order valence-electron chi connectivity index (χ2n) is 6.72. The van der Waals surface area contributed by atoms with Crippen LogP contribution in [0.3, 0.4) is 0 Å². The summed E-state index contributed by atoms with van der Waals surface area (Å²) in [5.41, 5.74) is 2.13. The maximum atomic E-state index is 12.6. The summed E-state index contributed by atoms with van der Waals surface area (Å²) < 4.78 is 0. The molecule has 2 aromatic carbocycles. The second-order valence-corrected chi connectivity index (χ2v) is 7.16. The van der Waals surface area contributed by atoms with E-state index in [1.807, 2.05) is 48.5 Å². The van der Waals surface area contributed by atoms with Gasteiger partial charge in [0.1, 0.15) is 5.41 Å².